The highest BCUT2D eigenvalue weighted by atomic mass is 19.3. The second kappa shape index (κ2) is 4.00. The van der Waals surface area contributed by atoms with E-state index in [1.54, 1.807) is 0 Å². The third-order valence-electron chi connectivity index (χ3n) is 2.40. The van der Waals surface area contributed by atoms with Gasteiger partial charge >= 0.3 is 0 Å². The SMILES string of the molecule is CCC1CCC(C(F)F)CN1. The van der Waals surface area contributed by atoms with Gasteiger partial charge in [-0.2, -0.15) is 0 Å². The largest absolute Gasteiger partial charge is 0.314 e. The molecule has 1 saturated heterocycles. The highest BCUT2D eigenvalue weighted by Crippen LogP contribution is 2.21. The van der Waals surface area contributed by atoms with Gasteiger partial charge in [-0.1, -0.05) is 6.92 Å². The van der Waals surface area contributed by atoms with E-state index in [0.29, 0.717) is 19.0 Å². The lowest BCUT2D eigenvalue weighted by Gasteiger charge is -2.28. The molecule has 0 saturated carbocycles. The molecule has 1 nitrogen and oxygen atoms in total. The van der Waals surface area contributed by atoms with Gasteiger partial charge in [0.15, 0.2) is 0 Å². The molecule has 0 aliphatic carbocycles. The van der Waals surface area contributed by atoms with Crippen LogP contribution in [0.5, 0.6) is 0 Å². The lowest BCUT2D eigenvalue weighted by Crippen LogP contribution is -2.40. The maximum atomic E-state index is 12.1. The van der Waals surface area contributed by atoms with E-state index in [4.69, 9.17) is 0 Å². The zero-order chi connectivity index (χ0) is 8.27. The molecule has 0 aromatic rings. The minimum absolute atomic E-state index is 0.405. The van der Waals surface area contributed by atoms with Gasteiger partial charge in [0.2, 0.25) is 6.43 Å². The number of rotatable bonds is 2. The number of piperidine rings is 1. The van der Waals surface area contributed by atoms with Crippen molar-refractivity contribution in [3.63, 3.8) is 0 Å². The molecular weight excluding hydrogens is 148 g/mol. The predicted molar refractivity (Wildman–Crippen MR) is 40.8 cm³/mol. The molecule has 1 fully saturated rings. The van der Waals surface area contributed by atoms with Crippen LogP contribution < -0.4 is 5.32 Å². The first-order valence-electron chi connectivity index (χ1n) is 4.25. The average Bonchev–Trinajstić information content (AvgIpc) is 2.05. The van der Waals surface area contributed by atoms with E-state index in [1.165, 1.54) is 0 Å². The molecule has 0 spiro atoms. The van der Waals surface area contributed by atoms with Crippen molar-refractivity contribution in [2.75, 3.05) is 6.54 Å². The monoisotopic (exact) mass is 163 g/mol. The van der Waals surface area contributed by atoms with Crippen molar-refractivity contribution in [3.05, 3.63) is 0 Å². The number of nitrogens with one attached hydrogen (secondary N) is 1. The summed E-state index contributed by atoms with van der Waals surface area (Å²) >= 11 is 0. The number of hydrogen-bond acceptors (Lipinski definition) is 1. The Hall–Kier alpha value is -0.180. The van der Waals surface area contributed by atoms with Crippen molar-refractivity contribution in [2.24, 2.45) is 5.92 Å². The quantitative estimate of drug-likeness (QED) is 0.656. The fraction of sp³-hybridized carbons (Fsp3) is 1.00. The van der Waals surface area contributed by atoms with Crippen LogP contribution in [0.3, 0.4) is 0 Å². The van der Waals surface area contributed by atoms with E-state index in [9.17, 15) is 8.78 Å². The first-order chi connectivity index (χ1) is 5.24. The van der Waals surface area contributed by atoms with Gasteiger partial charge in [0, 0.05) is 18.5 Å². The normalized spacial score (nSPS) is 32.7. The van der Waals surface area contributed by atoms with E-state index >= 15 is 0 Å². The van der Waals surface area contributed by atoms with E-state index < -0.39 is 12.3 Å². The molecule has 0 amide bonds. The summed E-state index contributed by atoms with van der Waals surface area (Å²) in [4.78, 5) is 0. The summed E-state index contributed by atoms with van der Waals surface area (Å²) in [6, 6.07) is 0.477. The van der Waals surface area contributed by atoms with Crippen LogP contribution >= 0.6 is 0 Å². The third kappa shape index (κ3) is 2.40. The molecule has 0 aromatic carbocycles. The Balaban J connectivity index is 2.24. The first-order valence-corrected chi connectivity index (χ1v) is 4.25. The fourth-order valence-electron chi connectivity index (χ4n) is 1.50. The van der Waals surface area contributed by atoms with E-state index in [2.05, 4.69) is 12.2 Å². The Morgan fingerprint density at radius 1 is 1.45 bits per heavy atom. The third-order valence-corrected chi connectivity index (χ3v) is 2.40. The Kier molecular flexibility index (Phi) is 3.24. The maximum absolute atomic E-state index is 12.1. The van der Waals surface area contributed by atoms with Gasteiger partial charge in [-0.05, 0) is 19.3 Å². The highest BCUT2D eigenvalue weighted by molar-refractivity contribution is 4.77. The summed E-state index contributed by atoms with van der Waals surface area (Å²) in [6.45, 7) is 2.58. The Morgan fingerprint density at radius 2 is 2.18 bits per heavy atom. The van der Waals surface area contributed by atoms with E-state index in [0.717, 1.165) is 12.8 Å². The Labute approximate surface area is 66.2 Å². The summed E-state index contributed by atoms with van der Waals surface area (Å²) in [5, 5.41) is 3.12. The molecule has 3 heteroatoms. The van der Waals surface area contributed by atoms with Crippen LogP contribution in [0.2, 0.25) is 0 Å². The first kappa shape index (κ1) is 8.91. The summed E-state index contributed by atoms with van der Waals surface area (Å²) in [5.74, 6) is -0.405. The van der Waals surface area contributed by atoms with Crippen LogP contribution in [-0.2, 0) is 0 Å². The molecule has 1 heterocycles. The molecule has 0 aromatic heterocycles. The summed E-state index contributed by atoms with van der Waals surface area (Å²) in [5.41, 5.74) is 0. The van der Waals surface area contributed by atoms with Crippen LogP contribution in [0.25, 0.3) is 0 Å². The molecule has 1 N–H and O–H groups in total. The minimum atomic E-state index is -2.14. The summed E-state index contributed by atoms with van der Waals surface area (Å²) in [6.07, 6.45) is 0.505. The van der Waals surface area contributed by atoms with Crippen molar-refractivity contribution in [3.8, 4) is 0 Å². The van der Waals surface area contributed by atoms with Gasteiger partial charge in [0.1, 0.15) is 0 Å². The van der Waals surface area contributed by atoms with Crippen molar-refractivity contribution >= 4 is 0 Å². The zero-order valence-corrected chi connectivity index (χ0v) is 6.82. The number of halogens is 2. The van der Waals surface area contributed by atoms with Crippen LogP contribution in [-0.4, -0.2) is 19.0 Å². The minimum Gasteiger partial charge on any atom is -0.314 e. The van der Waals surface area contributed by atoms with Crippen molar-refractivity contribution < 1.29 is 8.78 Å². The van der Waals surface area contributed by atoms with Gasteiger partial charge in [-0.25, -0.2) is 8.78 Å². The van der Waals surface area contributed by atoms with Crippen LogP contribution in [0, 0.1) is 5.92 Å². The molecule has 11 heavy (non-hydrogen) atoms. The second-order valence-corrected chi connectivity index (χ2v) is 3.19. The van der Waals surface area contributed by atoms with Crippen LogP contribution in [0.15, 0.2) is 0 Å². The summed E-state index contributed by atoms with van der Waals surface area (Å²) < 4.78 is 24.2. The molecule has 2 atom stereocenters. The lowest BCUT2D eigenvalue weighted by molar-refractivity contribution is 0.0562. The van der Waals surface area contributed by atoms with Gasteiger partial charge in [-0.3, -0.25) is 0 Å². The second-order valence-electron chi connectivity index (χ2n) is 3.19. The number of hydrogen-bond donors (Lipinski definition) is 1. The molecular formula is C8H15F2N. The maximum Gasteiger partial charge on any atom is 0.242 e. The molecule has 66 valence electrons. The molecule has 1 rings (SSSR count). The molecule has 0 bridgehead atoms. The average molecular weight is 163 g/mol. The smallest absolute Gasteiger partial charge is 0.242 e. The fourth-order valence-corrected chi connectivity index (χ4v) is 1.50. The van der Waals surface area contributed by atoms with Gasteiger partial charge in [-0.15, -0.1) is 0 Å². The van der Waals surface area contributed by atoms with E-state index in [1.807, 2.05) is 0 Å². The Morgan fingerprint density at radius 3 is 2.55 bits per heavy atom. The highest BCUT2D eigenvalue weighted by Gasteiger charge is 2.25. The molecule has 0 radical (unpaired) electrons. The van der Waals surface area contributed by atoms with Gasteiger partial charge < -0.3 is 5.32 Å². The van der Waals surface area contributed by atoms with Crippen molar-refractivity contribution in [1.82, 2.24) is 5.32 Å². The van der Waals surface area contributed by atoms with Gasteiger partial charge in [0.05, 0.1) is 0 Å². The standard InChI is InChI=1S/C8H15F2N/c1-2-7-4-3-6(5-11-7)8(9)10/h6-8,11H,2-5H2,1H3. The molecule has 1 aliphatic rings. The Bertz CT molecular complexity index is 109. The lowest BCUT2D eigenvalue weighted by atomic mass is 9.94. The van der Waals surface area contributed by atoms with Crippen molar-refractivity contribution in [2.45, 2.75) is 38.7 Å². The topological polar surface area (TPSA) is 12.0 Å². The van der Waals surface area contributed by atoms with Gasteiger partial charge in [0.25, 0.3) is 0 Å². The molecule has 1 aliphatic heterocycles. The summed E-state index contributed by atoms with van der Waals surface area (Å²) in [7, 11) is 0. The van der Waals surface area contributed by atoms with Crippen LogP contribution in [0.1, 0.15) is 26.2 Å². The predicted octanol–water partition coefficient (Wildman–Crippen LogP) is 2.03. The molecule has 2 unspecified atom stereocenters. The van der Waals surface area contributed by atoms with E-state index in [-0.39, 0.29) is 0 Å². The van der Waals surface area contributed by atoms with Crippen LogP contribution in [0.4, 0.5) is 8.78 Å². The van der Waals surface area contributed by atoms with Crippen molar-refractivity contribution in [1.29, 1.82) is 0 Å². The zero-order valence-electron chi connectivity index (χ0n) is 6.82. The number of alkyl halides is 2.